The lowest BCUT2D eigenvalue weighted by Crippen LogP contribution is -2.33. The van der Waals surface area contributed by atoms with Crippen molar-refractivity contribution in [1.82, 2.24) is 0 Å². The zero-order valence-electron chi connectivity index (χ0n) is 9.20. The molecule has 0 heterocycles. The van der Waals surface area contributed by atoms with Gasteiger partial charge in [-0.25, -0.2) is 0 Å². The molecule has 1 aliphatic rings. The van der Waals surface area contributed by atoms with Crippen LogP contribution in [0.1, 0.15) is 39.0 Å². The van der Waals surface area contributed by atoms with Crippen molar-refractivity contribution in [2.75, 3.05) is 6.61 Å². The van der Waals surface area contributed by atoms with Gasteiger partial charge in [0.15, 0.2) is 0 Å². The molecule has 4 nitrogen and oxygen atoms in total. The lowest BCUT2D eigenvalue weighted by atomic mass is 9.98. The Morgan fingerprint density at radius 1 is 1.67 bits per heavy atom. The highest BCUT2D eigenvalue weighted by atomic mass is 16.5. The molecule has 0 saturated heterocycles. The van der Waals surface area contributed by atoms with Gasteiger partial charge < -0.3 is 10.5 Å². The highest BCUT2D eigenvalue weighted by Gasteiger charge is 2.25. The first-order chi connectivity index (χ1) is 7.15. The van der Waals surface area contributed by atoms with Gasteiger partial charge in [0.1, 0.15) is 11.8 Å². The maximum absolute atomic E-state index is 11.3. The number of ether oxygens (including phenoxy) is 1. The van der Waals surface area contributed by atoms with Crippen molar-refractivity contribution < 1.29 is 14.3 Å². The second-order valence-electron chi connectivity index (χ2n) is 3.99. The van der Waals surface area contributed by atoms with E-state index in [0.29, 0.717) is 25.2 Å². The Kier molecular flexibility index (Phi) is 4.75. The number of hydrogen-bond acceptors (Lipinski definition) is 4. The summed E-state index contributed by atoms with van der Waals surface area (Å²) in [5.41, 5.74) is 5.64. The van der Waals surface area contributed by atoms with Crippen LogP contribution in [0.4, 0.5) is 0 Å². The van der Waals surface area contributed by atoms with E-state index in [4.69, 9.17) is 10.5 Å². The van der Waals surface area contributed by atoms with E-state index in [1.807, 2.05) is 0 Å². The van der Waals surface area contributed by atoms with Crippen LogP contribution in [0.15, 0.2) is 0 Å². The third-order valence-corrected chi connectivity index (χ3v) is 2.85. The van der Waals surface area contributed by atoms with E-state index in [1.54, 1.807) is 6.92 Å². The van der Waals surface area contributed by atoms with E-state index in [9.17, 15) is 9.59 Å². The Morgan fingerprint density at radius 3 is 2.93 bits per heavy atom. The minimum absolute atomic E-state index is 0.130. The molecule has 2 N–H and O–H groups in total. The molecule has 15 heavy (non-hydrogen) atoms. The van der Waals surface area contributed by atoms with Crippen LogP contribution < -0.4 is 5.73 Å². The molecule has 1 aliphatic carbocycles. The minimum atomic E-state index is -0.571. The van der Waals surface area contributed by atoms with Crippen molar-refractivity contribution in [2.24, 2.45) is 11.7 Å². The zero-order chi connectivity index (χ0) is 11.3. The van der Waals surface area contributed by atoms with Gasteiger partial charge in [0.05, 0.1) is 6.61 Å². The summed E-state index contributed by atoms with van der Waals surface area (Å²) in [7, 11) is 0. The molecular formula is C11H19NO3. The predicted molar refractivity (Wildman–Crippen MR) is 56.2 cm³/mol. The summed E-state index contributed by atoms with van der Waals surface area (Å²) >= 11 is 0. The number of carbonyl (C=O) groups is 2. The van der Waals surface area contributed by atoms with E-state index < -0.39 is 6.04 Å². The molecule has 1 saturated carbocycles. The van der Waals surface area contributed by atoms with Gasteiger partial charge in [-0.3, -0.25) is 9.59 Å². The van der Waals surface area contributed by atoms with Crippen molar-refractivity contribution in [3.8, 4) is 0 Å². The Labute approximate surface area is 90.2 Å². The van der Waals surface area contributed by atoms with Gasteiger partial charge in [0, 0.05) is 12.3 Å². The van der Waals surface area contributed by atoms with Crippen LogP contribution in [-0.2, 0) is 14.3 Å². The zero-order valence-corrected chi connectivity index (χ0v) is 9.20. The van der Waals surface area contributed by atoms with E-state index in [2.05, 4.69) is 0 Å². The van der Waals surface area contributed by atoms with Gasteiger partial charge in [-0.1, -0.05) is 0 Å². The standard InChI is InChI=1S/C11H19NO3/c1-2-15-11(14)9(12)7-6-8-4-3-5-10(8)13/h8-9H,2-7,12H2,1H3. The summed E-state index contributed by atoms with van der Waals surface area (Å²) in [6.07, 6.45) is 3.90. The first-order valence-corrected chi connectivity index (χ1v) is 5.60. The lowest BCUT2D eigenvalue weighted by molar-refractivity contribution is -0.145. The first kappa shape index (κ1) is 12.2. The lowest BCUT2D eigenvalue weighted by Gasteiger charge is -2.12. The maximum atomic E-state index is 11.3. The highest BCUT2D eigenvalue weighted by molar-refractivity contribution is 5.83. The van der Waals surface area contributed by atoms with E-state index in [1.165, 1.54) is 0 Å². The highest BCUT2D eigenvalue weighted by Crippen LogP contribution is 2.25. The topological polar surface area (TPSA) is 69.4 Å². The summed E-state index contributed by atoms with van der Waals surface area (Å²) in [6.45, 7) is 2.11. The third kappa shape index (κ3) is 3.63. The van der Waals surface area contributed by atoms with Gasteiger partial charge in [-0.2, -0.15) is 0 Å². The number of Topliss-reactive ketones (excluding diaryl/α,β-unsaturated/α-hetero) is 1. The molecule has 1 rings (SSSR count). The Bertz CT molecular complexity index is 240. The molecule has 0 bridgehead atoms. The number of carbonyl (C=O) groups excluding carboxylic acids is 2. The molecule has 0 radical (unpaired) electrons. The largest absolute Gasteiger partial charge is 0.465 e. The fourth-order valence-corrected chi connectivity index (χ4v) is 1.94. The number of nitrogens with two attached hydrogens (primary N) is 1. The maximum Gasteiger partial charge on any atom is 0.322 e. The molecule has 0 aromatic carbocycles. The summed E-state index contributed by atoms with van der Waals surface area (Å²) in [5, 5.41) is 0. The van der Waals surface area contributed by atoms with E-state index in [-0.39, 0.29) is 11.9 Å². The molecule has 0 aromatic heterocycles. The first-order valence-electron chi connectivity index (χ1n) is 5.60. The van der Waals surface area contributed by atoms with Crippen LogP contribution in [0, 0.1) is 5.92 Å². The van der Waals surface area contributed by atoms with Crippen LogP contribution in [-0.4, -0.2) is 24.4 Å². The van der Waals surface area contributed by atoms with Crippen molar-refractivity contribution in [3.05, 3.63) is 0 Å². The van der Waals surface area contributed by atoms with Gasteiger partial charge in [0.25, 0.3) is 0 Å². The molecule has 0 spiro atoms. The summed E-state index contributed by atoms with van der Waals surface area (Å²) in [5.74, 6) is 0.0967. The summed E-state index contributed by atoms with van der Waals surface area (Å²) < 4.78 is 4.80. The fourth-order valence-electron chi connectivity index (χ4n) is 1.94. The van der Waals surface area contributed by atoms with Crippen LogP contribution in [0.2, 0.25) is 0 Å². The Hall–Kier alpha value is -0.900. The molecule has 0 amide bonds. The van der Waals surface area contributed by atoms with Gasteiger partial charge in [-0.15, -0.1) is 0 Å². The van der Waals surface area contributed by atoms with Crippen molar-refractivity contribution in [2.45, 2.75) is 45.1 Å². The average Bonchev–Trinajstić information content (AvgIpc) is 2.61. The second kappa shape index (κ2) is 5.85. The minimum Gasteiger partial charge on any atom is -0.465 e. The molecule has 2 atom stereocenters. The monoisotopic (exact) mass is 213 g/mol. The van der Waals surface area contributed by atoms with Crippen molar-refractivity contribution in [1.29, 1.82) is 0 Å². The van der Waals surface area contributed by atoms with Crippen LogP contribution in [0.25, 0.3) is 0 Å². The summed E-state index contributed by atoms with van der Waals surface area (Å²) in [4.78, 5) is 22.5. The van der Waals surface area contributed by atoms with E-state index >= 15 is 0 Å². The average molecular weight is 213 g/mol. The number of ketones is 1. The molecular weight excluding hydrogens is 194 g/mol. The molecule has 0 aromatic rings. The number of rotatable bonds is 5. The smallest absolute Gasteiger partial charge is 0.322 e. The van der Waals surface area contributed by atoms with E-state index in [0.717, 1.165) is 19.3 Å². The molecule has 0 aliphatic heterocycles. The van der Waals surface area contributed by atoms with Crippen molar-refractivity contribution in [3.63, 3.8) is 0 Å². The molecule has 1 fully saturated rings. The molecule has 2 unspecified atom stereocenters. The van der Waals surface area contributed by atoms with Crippen LogP contribution in [0.3, 0.4) is 0 Å². The quantitative estimate of drug-likeness (QED) is 0.692. The van der Waals surface area contributed by atoms with Gasteiger partial charge >= 0.3 is 5.97 Å². The van der Waals surface area contributed by atoms with Gasteiger partial charge in [-0.05, 0) is 32.6 Å². The predicted octanol–water partition coefficient (Wildman–Crippen LogP) is 1.03. The molecule has 4 heteroatoms. The third-order valence-electron chi connectivity index (χ3n) is 2.85. The fraction of sp³-hybridized carbons (Fsp3) is 0.818. The summed E-state index contributed by atoms with van der Waals surface area (Å²) in [6, 6.07) is -0.571. The van der Waals surface area contributed by atoms with Gasteiger partial charge in [0.2, 0.25) is 0 Å². The molecule has 86 valence electrons. The Morgan fingerprint density at radius 2 is 2.40 bits per heavy atom. The number of hydrogen-bond donors (Lipinski definition) is 1. The SMILES string of the molecule is CCOC(=O)C(N)CCC1CCCC1=O. The number of esters is 1. The van der Waals surface area contributed by atoms with Crippen molar-refractivity contribution >= 4 is 11.8 Å². The second-order valence-corrected chi connectivity index (χ2v) is 3.99. The Balaban J connectivity index is 2.24. The van der Waals surface area contributed by atoms with Crippen LogP contribution >= 0.6 is 0 Å². The van der Waals surface area contributed by atoms with Crippen LogP contribution in [0.5, 0.6) is 0 Å². The normalized spacial score (nSPS) is 22.8.